The van der Waals surface area contributed by atoms with Gasteiger partial charge in [0.1, 0.15) is 5.25 Å². The van der Waals surface area contributed by atoms with Gasteiger partial charge in [0.25, 0.3) is 0 Å². The molecular weight excluding hydrogens is 356 g/mol. The van der Waals surface area contributed by atoms with Gasteiger partial charge in [0.2, 0.25) is 10.0 Å². The molecule has 0 fully saturated rings. The first kappa shape index (κ1) is 16.0. The zero-order valence-electron chi connectivity index (χ0n) is 10.1. The minimum Gasteiger partial charge on any atom is -0.392 e. The number of hydrogen-bond acceptors (Lipinski definition) is 4. The van der Waals surface area contributed by atoms with Crippen LogP contribution in [0.15, 0.2) is 15.2 Å². The number of nitrogens with two attached hydrogens (primary N) is 1. The Hall–Kier alpha value is -0.0200. The van der Waals surface area contributed by atoms with Gasteiger partial charge in [-0.3, -0.25) is 0 Å². The summed E-state index contributed by atoms with van der Waals surface area (Å²) in [4.78, 5) is 0.0239. The van der Waals surface area contributed by atoms with Crippen LogP contribution in [0.25, 0.3) is 0 Å². The van der Waals surface area contributed by atoms with Crippen molar-refractivity contribution < 1.29 is 8.42 Å². The van der Waals surface area contributed by atoms with Crippen molar-refractivity contribution in [1.82, 2.24) is 4.31 Å². The van der Waals surface area contributed by atoms with Gasteiger partial charge >= 0.3 is 0 Å². The van der Waals surface area contributed by atoms with Crippen LogP contribution in [0.1, 0.15) is 18.9 Å². The Kier molecular flexibility index (Phi) is 5.72. The van der Waals surface area contributed by atoms with Gasteiger partial charge in [-0.15, -0.1) is 11.3 Å². The molecule has 0 bridgehead atoms. The van der Waals surface area contributed by atoms with E-state index in [-0.39, 0.29) is 4.99 Å². The molecule has 0 aromatic carbocycles. The second-order valence-electron chi connectivity index (χ2n) is 3.86. The standard InChI is InChI=1S/C10H15BrN2O2S3/c1-3-8(10(12)16)18(14,15)13(2)5-7-4-9(11)17-6-7/h4,6,8H,3,5H2,1-2H3,(H2,12,16). The molecule has 1 unspecified atom stereocenters. The lowest BCUT2D eigenvalue weighted by atomic mass is 10.3. The maximum Gasteiger partial charge on any atom is 0.223 e. The first-order valence-electron chi connectivity index (χ1n) is 5.26. The molecule has 0 aliphatic heterocycles. The minimum absolute atomic E-state index is 0.0239. The van der Waals surface area contributed by atoms with Crippen LogP contribution in [0, 0.1) is 0 Å². The molecule has 0 saturated carbocycles. The minimum atomic E-state index is -3.48. The molecule has 4 nitrogen and oxygen atoms in total. The average molecular weight is 371 g/mol. The van der Waals surface area contributed by atoms with E-state index in [1.165, 1.54) is 15.6 Å². The van der Waals surface area contributed by atoms with Crippen molar-refractivity contribution in [2.45, 2.75) is 25.1 Å². The number of rotatable bonds is 6. The van der Waals surface area contributed by atoms with E-state index in [0.717, 1.165) is 9.35 Å². The number of thiocarbonyl (C=S) groups is 1. The maximum absolute atomic E-state index is 12.3. The molecule has 0 spiro atoms. The van der Waals surface area contributed by atoms with Crippen molar-refractivity contribution in [3.05, 3.63) is 20.8 Å². The van der Waals surface area contributed by atoms with E-state index in [0.29, 0.717) is 13.0 Å². The lowest BCUT2D eigenvalue weighted by Crippen LogP contribution is -2.42. The summed E-state index contributed by atoms with van der Waals surface area (Å²) in [6.07, 6.45) is 0.384. The highest BCUT2D eigenvalue weighted by Gasteiger charge is 2.30. The monoisotopic (exact) mass is 370 g/mol. The molecule has 102 valence electrons. The predicted molar refractivity (Wildman–Crippen MR) is 83.3 cm³/mol. The Morgan fingerprint density at radius 1 is 1.67 bits per heavy atom. The molecule has 0 amide bonds. The third kappa shape index (κ3) is 3.74. The Bertz CT molecular complexity index is 527. The van der Waals surface area contributed by atoms with Gasteiger partial charge in [0, 0.05) is 13.6 Å². The fraction of sp³-hybridized carbons (Fsp3) is 0.500. The molecule has 18 heavy (non-hydrogen) atoms. The van der Waals surface area contributed by atoms with Crippen LogP contribution in [0.4, 0.5) is 0 Å². The quantitative estimate of drug-likeness (QED) is 0.780. The number of sulfonamides is 1. The van der Waals surface area contributed by atoms with Gasteiger partial charge < -0.3 is 5.73 Å². The predicted octanol–water partition coefficient (Wildman–Crippen LogP) is 2.34. The largest absolute Gasteiger partial charge is 0.392 e. The number of thiophene rings is 1. The van der Waals surface area contributed by atoms with Crippen LogP contribution in [0.5, 0.6) is 0 Å². The van der Waals surface area contributed by atoms with E-state index < -0.39 is 15.3 Å². The highest BCUT2D eigenvalue weighted by molar-refractivity contribution is 9.11. The van der Waals surface area contributed by atoms with Crippen molar-refractivity contribution >= 4 is 54.5 Å². The molecule has 1 heterocycles. The molecule has 2 N–H and O–H groups in total. The van der Waals surface area contributed by atoms with Crippen LogP contribution in [0.2, 0.25) is 0 Å². The Balaban J connectivity index is 2.88. The molecule has 0 radical (unpaired) electrons. The van der Waals surface area contributed by atoms with E-state index >= 15 is 0 Å². The highest BCUT2D eigenvalue weighted by atomic mass is 79.9. The lowest BCUT2D eigenvalue weighted by Gasteiger charge is -2.22. The Morgan fingerprint density at radius 2 is 2.28 bits per heavy atom. The molecule has 1 rings (SSSR count). The summed E-state index contributed by atoms with van der Waals surface area (Å²) in [5.41, 5.74) is 6.43. The van der Waals surface area contributed by atoms with Gasteiger partial charge in [0.05, 0.1) is 8.77 Å². The van der Waals surface area contributed by atoms with E-state index in [1.54, 1.807) is 14.0 Å². The molecule has 1 atom stereocenters. The third-order valence-corrected chi connectivity index (χ3v) is 6.80. The summed E-state index contributed by atoms with van der Waals surface area (Å²) in [5.74, 6) is 0. The van der Waals surface area contributed by atoms with E-state index in [4.69, 9.17) is 18.0 Å². The fourth-order valence-corrected chi connectivity index (χ4v) is 4.76. The maximum atomic E-state index is 12.3. The van der Waals surface area contributed by atoms with E-state index in [1.807, 2.05) is 11.4 Å². The second-order valence-corrected chi connectivity index (χ2v) is 8.84. The van der Waals surface area contributed by atoms with Crippen LogP contribution in [-0.4, -0.2) is 30.0 Å². The van der Waals surface area contributed by atoms with Crippen molar-refractivity contribution in [2.24, 2.45) is 5.73 Å². The number of hydrogen-bond donors (Lipinski definition) is 1. The fourth-order valence-electron chi connectivity index (χ4n) is 1.55. The smallest absolute Gasteiger partial charge is 0.223 e. The topological polar surface area (TPSA) is 63.4 Å². The average Bonchev–Trinajstić information content (AvgIpc) is 2.63. The summed E-state index contributed by atoms with van der Waals surface area (Å²) >= 11 is 9.69. The summed E-state index contributed by atoms with van der Waals surface area (Å²) in [6.45, 7) is 2.08. The first-order valence-corrected chi connectivity index (χ1v) is 8.84. The van der Waals surface area contributed by atoms with Gasteiger partial charge in [-0.25, -0.2) is 8.42 Å². The van der Waals surface area contributed by atoms with Gasteiger partial charge in [-0.2, -0.15) is 4.31 Å². The van der Waals surface area contributed by atoms with Crippen molar-refractivity contribution in [1.29, 1.82) is 0 Å². The molecular formula is C10H15BrN2O2S3. The van der Waals surface area contributed by atoms with E-state index in [9.17, 15) is 8.42 Å². The summed E-state index contributed by atoms with van der Waals surface area (Å²) in [7, 11) is -1.94. The summed E-state index contributed by atoms with van der Waals surface area (Å²) < 4.78 is 26.8. The number of halogens is 1. The van der Waals surface area contributed by atoms with Crippen molar-refractivity contribution in [2.75, 3.05) is 7.05 Å². The van der Waals surface area contributed by atoms with Gasteiger partial charge in [0.15, 0.2) is 0 Å². The molecule has 0 aliphatic carbocycles. The van der Waals surface area contributed by atoms with Gasteiger partial charge in [-0.1, -0.05) is 19.1 Å². The summed E-state index contributed by atoms with van der Waals surface area (Å²) in [6, 6.07) is 1.90. The van der Waals surface area contributed by atoms with Gasteiger partial charge in [-0.05, 0) is 39.4 Å². The SMILES string of the molecule is CCC(C(N)=S)S(=O)(=O)N(C)Cc1csc(Br)c1. The summed E-state index contributed by atoms with van der Waals surface area (Å²) in [5, 5.41) is 1.12. The molecule has 1 aromatic heterocycles. The zero-order valence-corrected chi connectivity index (χ0v) is 14.1. The molecule has 0 aliphatic rings. The molecule has 1 aromatic rings. The molecule has 8 heteroatoms. The Morgan fingerprint density at radius 3 is 2.67 bits per heavy atom. The third-order valence-electron chi connectivity index (χ3n) is 2.51. The normalized spacial score (nSPS) is 13.8. The highest BCUT2D eigenvalue weighted by Crippen LogP contribution is 2.23. The van der Waals surface area contributed by atoms with Crippen molar-refractivity contribution in [3.8, 4) is 0 Å². The zero-order chi connectivity index (χ0) is 13.9. The van der Waals surface area contributed by atoms with Crippen molar-refractivity contribution in [3.63, 3.8) is 0 Å². The first-order chi connectivity index (χ1) is 8.28. The Labute approximate surface area is 125 Å². The second kappa shape index (κ2) is 6.42. The van der Waals surface area contributed by atoms with Crippen LogP contribution in [-0.2, 0) is 16.6 Å². The molecule has 0 saturated heterocycles. The van der Waals surface area contributed by atoms with E-state index in [2.05, 4.69) is 15.9 Å². The van der Waals surface area contributed by atoms with Crippen LogP contribution in [0.3, 0.4) is 0 Å². The lowest BCUT2D eigenvalue weighted by molar-refractivity contribution is 0.462. The number of nitrogens with zero attached hydrogens (tertiary/aromatic N) is 1. The van der Waals surface area contributed by atoms with Crippen LogP contribution >= 0.6 is 39.5 Å². The van der Waals surface area contributed by atoms with Crippen LogP contribution < -0.4 is 5.73 Å².